The average molecular weight is 497 g/mol. The molecule has 1 N–H and O–H groups in total. The highest BCUT2D eigenvalue weighted by Gasteiger charge is 2.25. The van der Waals surface area contributed by atoms with E-state index in [0.29, 0.717) is 33.6 Å². The number of ketones is 1. The molecule has 0 radical (unpaired) electrons. The fourth-order valence-corrected chi connectivity index (χ4v) is 4.87. The van der Waals surface area contributed by atoms with Crippen LogP contribution in [0.1, 0.15) is 28.4 Å². The SMILES string of the molecule is COc1ccc2c(c1)c(OCc1cc(C(C)=O)ccc1OC)nn2S(=O)(=O)c1ccc(C)c(O)c1. The van der Waals surface area contributed by atoms with E-state index in [9.17, 15) is 18.3 Å². The van der Waals surface area contributed by atoms with Crippen LogP contribution in [0.3, 0.4) is 0 Å². The number of rotatable bonds is 8. The first-order valence-corrected chi connectivity index (χ1v) is 12.0. The Morgan fingerprint density at radius 1 is 1.03 bits per heavy atom. The summed E-state index contributed by atoms with van der Waals surface area (Å²) in [6.07, 6.45) is 0. The first kappa shape index (κ1) is 24.1. The van der Waals surface area contributed by atoms with Crippen molar-refractivity contribution in [2.24, 2.45) is 0 Å². The Morgan fingerprint density at radius 3 is 2.46 bits per heavy atom. The van der Waals surface area contributed by atoms with Crippen LogP contribution in [0.25, 0.3) is 10.9 Å². The fourth-order valence-electron chi connectivity index (χ4n) is 3.57. The Kier molecular flexibility index (Phi) is 6.40. The molecule has 1 heterocycles. The van der Waals surface area contributed by atoms with Crippen molar-refractivity contribution in [3.63, 3.8) is 0 Å². The number of nitrogens with zero attached hydrogens (tertiary/aromatic N) is 2. The molecule has 1 aromatic heterocycles. The standard InChI is InChI=1S/C25H24N2O7S/c1-15-5-8-20(13-23(15)29)35(30,31)27-22-9-7-19(32-3)12-21(22)25(26-27)34-14-18-11-17(16(2)28)6-10-24(18)33-4/h5-13,29H,14H2,1-4H3. The van der Waals surface area contributed by atoms with Crippen molar-refractivity contribution in [2.75, 3.05) is 14.2 Å². The molecule has 0 aliphatic rings. The first-order valence-electron chi connectivity index (χ1n) is 10.6. The van der Waals surface area contributed by atoms with E-state index in [1.165, 1.54) is 39.3 Å². The molecule has 4 rings (SSSR count). The van der Waals surface area contributed by atoms with Crippen molar-refractivity contribution < 1.29 is 32.5 Å². The molecular formula is C25H24N2O7S. The van der Waals surface area contributed by atoms with Crippen LogP contribution in [0.15, 0.2) is 59.5 Å². The Bertz CT molecular complexity index is 1540. The molecule has 4 aromatic rings. The second kappa shape index (κ2) is 9.30. The quantitative estimate of drug-likeness (QED) is 0.363. The van der Waals surface area contributed by atoms with E-state index in [1.807, 2.05) is 0 Å². The van der Waals surface area contributed by atoms with Gasteiger partial charge in [0.05, 0.1) is 30.0 Å². The van der Waals surface area contributed by atoms with Crippen LogP contribution in [0.2, 0.25) is 0 Å². The minimum Gasteiger partial charge on any atom is -0.508 e. The molecule has 3 aromatic carbocycles. The summed E-state index contributed by atoms with van der Waals surface area (Å²) in [5, 5.41) is 14.7. The molecule has 0 saturated carbocycles. The lowest BCUT2D eigenvalue weighted by Gasteiger charge is -2.10. The van der Waals surface area contributed by atoms with Gasteiger partial charge in [-0.2, -0.15) is 8.42 Å². The maximum atomic E-state index is 13.4. The lowest BCUT2D eigenvalue weighted by atomic mass is 10.1. The van der Waals surface area contributed by atoms with Gasteiger partial charge in [0, 0.05) is 17.2 Å². The molecule has 182 valence electrons. The van der Waals surface area contributed by atoms with Crippen LogP contribution >= 0.6 is 0 Å². The third-order valence-electron chi connectivity index (χ3n) is 5.58. The van der Waals surface area contributed by atoms with Gasteiger partial charge >= 0.3 is 0 Å². The van der Waals surface area contributed by atoms with Gasteiger partial charge in [0.15, 0.2) is 5.78 Å². The van der Waals surface area contributed by atoms with Crippen LogP contribution in [0.5, 0.6) is 23.1 Å². The molecule has 0 aliphatic carbocycles. The number of methoxy groups -OCH3 is 2. The van der Waals surface area contributed by atoms with E-state index in [1.54, 1.807) is 43.3 Å². The number of aromatic nitrogens is 2. The van der Waals surface area contributed by atoms with E-state index in [0.717, 1.165) is 4.09 Å². The van der Waals surface area contributed by atoms with E-state index < -0.39 is 10.0 Å². The number of phenolic OH excluding ortho intramolecular Hbond substituents is 1. The summed E-state index contributed by atoms with van der Waals surface area (Å²) in [5.74, 6) is 0.801. The van der Waals surface area contributed by atoms with Crippen molar-refractivity contribution in [3.05, 3.63) is 71.3 Å². The van der Waals surface area contributed by atoms with Crippen LogP contribution < -0.4 is 14.2 Å². The highest BCUT2D eigenvalue weighted by Crippen LogP contribution is 2.33. The highest BCUT2D eigenvalue weighted by atomic mass is 32.2. The van der Waals surface area contributed by atoms with Crippen molar-refractivity contribution in [2.45, 2.75) is 25.3 Å². The molecule has 0 bridgehead atoms. The first-order chi connectivity index (χ1) is 16.6. The lowest BCUT2D eigenvalue weighted by molar-refractivity contribution is 0.101. The minimum atomic E-state index is -4.16. The highest BCUT2D eigenvalue weighted by molar-refractivity contribution is 7.90. The third kappa shape index (κ3) is 4.52. The number of Topliss-reactive ketones (excluding diaryl/α,β-unsaturated/α-hetero) is 1. The molecule has 9 nitrogen and oxygen atoms in total. The Morgan fingerprint density at radius 2 is 1.80 bits per heavy atom. The zero-order valence-corrected chi connectivity index (χ0v) is 20.4. The largest absolute Gasteiger partial charge is 0.508 e. The summed E-state index contributed by atoms with van der Waals surface area (Å²) < 4.78 is 44.3. The number of carbonyl (C=O) groups is 1. The Balaban J connectivity index is 1.80. The van der Waals surface area contributed by atoms with Crippen molar-refractivity contribution in [1.82, 2.24) is 9.19 Å². The second-order valence-corrected chi connectivity index (χ2v) is 9.62. The molecule has 0 spiro atoms. The van der Waals surface area contributed by atoms with E-state index >= 15 is 0 Å². The summed E-state index contributed by atoms with van der Waals surface area (Å²) in [4.78, 5) is 11.7. The van der Waals surface area contributed by atoms with E-state index in [4.69, 9.17) is 14.2 Å². The number of fused-ring (bicyclic) bond motifs is 1. The van der Waals surface area contributed by atoms with Gasteiger partial charge in [-0.3, -0.25) is 4.79 Å². The molecule has 35 heavy (non-hydrogen) atoms. The molecule has 10 heteroatoms. The van der Waals surface area contributed by atoms with E-state index in [-0.39, 0.29) is 34.4 Å². The topological polar surface area (TPSA) is 117 Å². The molecule has 0 aliphatic heterocycles. The van der Waals surface area contributed by atoms with Gasteiger partial charge in [0.25, 0.3) is 10.0 Å². The number of hydrogen-bond donors (Lipinski definition) is 1. The van der Waals surface area contributed by atoms with Crippen molar-refractivity contribution in [3.8, 4) is 23.1 Å². The van der Waals surface area contributed by atoms with Gasteiger partial charge in [-0.05, 0) is 61.9 Å². The van der Waals surface area contributed by atoms with Crippen molar-refractivity contribution in [1.29, 1.82) is 0 Å². The zero-order chi connectivity index (χ0) is 25.3. The van der Waals surface area contributed by atoms with Crippen LogP contribution in [0, 0.1) is 6.92 Å². The van der Waals surface area contributed by atoms with Gasteiger partial charge in [0.2, 0.25) is 5.88 Å². The van der Waals surface area contributed by atoms with Crippen LogP contribution in [-0.2, 0) is 16.6 Å². The summed E-state index contributed by atoms with van der Waals surface area (Å²) in [6, 6.07) is 13.9. The smallest absolute Gasteiger partial charge is 0.283 e. The average Bonchev–Trinajstić information content (AvgIpc) is 3.22. The van der Waals surface area contributed by atoms with Gasteiger partial charge in [-0.25, -0.2) is 0 Å². The number of aromatic hydroxyl groups is 1. The number of aryl methyl sites for hydroxylation is 1. The fraction of sp³-hybridized carbons (Fsp3) is 0.200. The number of ether oxygens (including phenoxy) is 3. The summed E-state index contributed by atoms with van der Waals surface area (Å²) in [7, 11) is -1.16. The number of phenols is 1. The summed E-state index contributed by atoms with van der Waals surface area (Å²) in [5.41, 5.74) is 1.90. The maximum absolute atomic E-state index is 13.4. The minimum absolute atomic E-state index is 0.0288. The molecule has 0 unspecified atom stereocenters. The number of hydrogen-bond acceptors (Lipinski definition) is 8. The zero-order valence-electron chi connectivity index (χ0n) is 19.6. The third-order valence-corrected chi connectivity index (χ3v) is 7.16. The molecule has 0 saturated heterocycles. The molecule has 0 fully saturated rings. The van der Waals surface area contributed by atoms with Crippen molar-refractivity contribution >= 4 is 26.7 Å². The molecular weight excluding hydrogens is 472 g/mol. The number of benzene rings is 3. The van der Waals surface area contributed by atoms with E-state index in [2.05, 4.69) is 5.10 Å². The van der Waals surface area contributed by atoms with Crippen LogP contribution in [-0.4, -0.2) is 42.7 Å². The summed E-state index contributed by atoms with van der Waals surface area (Å²) >= 11 is 0. The lowest BCUT2D eigenvalue weighted by Crippen LogP contribution is -2.14. The Labute approximate surface area is 202 Å². The predicted octanol–water partition coefficient (Wildman–Crippen LogP) is 4.09. The summed E-state index contributed by atoms with van der Waals surface area (Å²) in [6.45, 7) is 3.10. The normalized spacial score (nSPS) is 11.4. The second-order valence-electron chi connectivity index (χ2n) is 7.86. The van der Waals surface area contributed by atoms with Gasteiger partial charge in [-0.1, -0.05) is 6.07 Å². The molecule has 0 amide bonds. The molecule has 0 atom stereocenters. The Hall–Kier alpha value is -4.05. The predicted molar refractivity (Wildman–Crippen MR) is 129 cm³/mol. The van der Waals surface area contributed by atoms with Gasteiger partial charge in [-0.15, -0.1) is 9.19 Å². The monoisotopic (exact) mass is 496 g/mol. The van der Waals surface area contributed by atoms with Crippen LogP contribution in [0.4, 0.5) is 0 Å². The van der Waals surface area contributed by atoms with Gasteiger partial charge < -0.3 is 19.3 Å². The maximum Gasteiger partial charge on any atom is 0.283 e. The van der Waals surface area contributed by atoms with Gasteiger partial charge in [0.1, 0.15) is 23.9 Å². The number of carbonyl (C=O) groups excluding carboxylic acids is 1.